The average Bonchev–Trinajstić information content (AvgIpc) is 2.72. The van der Waals surface area contributed by atoms with Gasteiger partial charge >= 0.3 is 0 Å². The first kappa shape index (κ1) is 27.0. The monoisotopic (exact) mass is 533 g/mol. The zero-order chi connectivity index (χ0) is 21.3. The molecule has 1 fully saturated rings. The van der Waals surface area contributed by atoms with Crippen molar-refractivity contribution in [3.8, 4) is 5.75 Å². The number of hydrogen-bond acceptors (Lipinski definition) is 4. The minimum Gasteiger partial charge on any atom is -0.497 e. The summed E-state index contributed by atoms with van der Waals surface area (Å²) in [6.07, 6.45) is 2.03. The third-order valence-electron chi connectivity index (χ3n) is 5.74. The first-order chi connectivity index (χ1) is 13.8. The molecule has 0 saturated carbocycles. The molecule has 1 aromatic carbocycles. The molecular weight excluding hydrogens is 493 g/mol. The number of aliphatic imine (C=N–C) groups is 1. The highest BCUT2D eigenvalue weighted by atomic mass is 127. The summed E-state index contributed by atoms with van der Waals surface area (Å²) in [5.41, 5.74) is 1.34. The Balaban J connectivity index is 0.00000450. The summed E-state index contributed by atoms with van der Waals surface area (Å²) < 4.78 is 16.7. The maximum Gasteiger partial charge on any atom is 0.191 e. The highest BCUT2D eigenvalue weighted by Crippen LogP contribution is 2.36. The lowest BCUT2D eigenvalue weighted by molar-refractivity contribution is 0.0205. The zero-order valence-electron chi connectivity index (χ0n) is 19.4. The minimum atomic E-state index is -0.0163. The number of hydrogen-bond donors (Lipinski definition) is 2. The Morgan fingerprint density at radius 2 is 1.77 bits per heavy atom. The van der Waals surface area contributed by atoms with Gasteiger partial charge in [-0.15, -0.1) is 24.0 Å². The molecule has 0 aromatic heterocycles. The molecule has 1 aromatic rings. The number of methoxy groups -OCH3 is 2. The van der Waals surface area contributed by atoms with Crippen LogP contribution in [0.1, 0.15) is 46.1 Å². The van der Waals surface area contributed by atoms with Crippen LogP contribution in [-0.4, -0.2) is 59.1 Å². The Morgan fingerprint density at radius 3 is 2.27 bits per heavy atom. The average molecular weight is 533 g/mol. The van der Waals surface area contributed by atoms with Gasteiger partial charge in [-0.1, -0.05) is 32.9 Å². The molecule has 0 radical (unpaired) electrons. The quantitative estimate of drug-likeness (QED) is 0.301. The lowest BCUT2D eigenvalue weighted by atomic mass is 9.74. The van der Waals surface area contributed by atoms with Gasteiger partial charge in [-0.2, -0.15) is 0 Å². The molecule has 172 valence electrons. The van der Waals surface area contributed by atoms with E-state index >= 15 is 0 Å². The van der Waals surface area contributed by atoms with Crippen LogP contribution in [0.4, 0.5) is 0 Å². The summed E-state index contributed by atoms with van der Waals surface area (Å²) >= 11 is 0. The molecule has 0 aliphatic carbocycles. The zero-order valence-corrected chi connectivity index (χ0v) is 21.7. The Morgan fingerprint density at radius 1 is 1.13 bits per heavy atom. The number of guanidine groups is 1. The highest BCUT2D eigenvalue weighted by molar-refractivity contribution is 14.0. The molecule has 0 spiro atoms. The Labute approximate surface area is 199 Å². The molecule has 1 aliphatic heterocycles. The molecule has 7 heteroatoms. The van der Waals surface area contributed by atoms with Gasteiger partial charge < -0.3 is 24.8 Å². The third-order valence-corrected chi connectivity index (χ3v) is 5.74. The van der Waals surface area contributed by atoms with Crippen molar-refractivity contribution in [2.45, 2.75) is 52.1 Å². The van der Waals surface area contributed by atoms with Crippen molar-refractivity contribution in [3.05, 3.63) is 29.8 Å². The maximum absolute atomic E-state index is 5.68. The van der Waals surface area contributed by atoms with Crippen LogP contribution in [0.2, 0.25) is 0 Å². The van der Waals surface area contributed by atoms with Gasteiger partial charge in [-0.05, 0) is 42.9 Å². The van der Waals surface area contributed by atoms with Crippen LogP contribution in [0.15, 0.2) is 29.3 Å². The Hall–Kier alpha value is -1.06. The van der Waals surface area contributed by atoms with E-state index in [-0.39, 0.29) is 40.9 Å². The van der Waals surface area contributed by atoms with Gasteiger partial charge in [0, 0.05) is 38.8 Å². The standard InChI is InChI=1S/C23H39N3O3.HI/c1-7-24-21(25-16-20(28-6)22(2,3)4)26-17-23(12-14-29-15-13-23)18-8-10-19(27-5)11-9-18;/h8-11,20H,7,12-17H2,1-6H3,(H2,24,25,26);1H. The fourth-order valence-electron chi connectivity index (χ4n) is 3.75. The summed E-state index contributed by atoms with van der Waals surface area (Å²) in [5.74, 6) is 1.71. The second kappa shape index (κ2) is 12.7. The van der Waals surface area contributed by atoms with Crippen molar-refractivity contribution in [1.82, 2.24) is 10.6 Å². The smallest absolute Gasteiger partial charge is 0.191 e. The molecule has 2 rings (SSSR count). The summed E-state index contributed by atoms with van der Waals surface area (Å²) in [6.45, 7) is 12.4. The van der Waals surface area contributed by atoms with Crippen LogP contribution in [0.25, 0.3) is 0 Å². The predicted octanol–water partition coefficient (Wildman–Crippen LogP) is 3.98. The van der Waals surface area contributed by atoms with E-state index in [1.165, 1.54) is 5.56 Å². The summed E-state index contributed by atoms with van der Waals surface area (Å²) in [7, 11) is 3.46. The van der Waals surface area contributed by atoms with Crippen LogP contribution >= 0.6 is 24.0 Å². The number of benzene rings is 1. The first-order valence-corrected chi connectivity index (χ1v) is 10.6. The largest absolute Gasteiger partial charge is 0.497 e. The van der Waals surface area contributed by atoms with Gasteiger partial charge in [0.25, 0.3) is 0 Å². The highest BCUT2D eigenvalue weighted by Gasteiger charge is 2.34. The van der Waals surface area contributed by atoms with Gasteiger partial charge in [0.1, 0.15) is 5.75 Å². The van der Waals surface area contributed by atoms with Gasteiger partial charge in [-0.3, -0.25) is 4.99 Å². The van der Waals surface area contributed by atoms with E-state index in [4.69, 9.17) is 19.2 Å². The number of rotatable bonds is 8. The molecule has 2 N–H and O–H groups in total. The molecule has 1 saturated heterocycles. The fourth-order valence-corrected chi connectivity index (χ4v) is 3.75. The molecule has 30 heavy (non-hydrogen) atoms. The maximum atomic E-state index is 5.68. The summed E-state index contributed by atoms with van der Waals surface area (Å²) in [4.78, 5) is 4.97. The molecule has 1 aliphatic rings. The van der Waals surface area contributed by atoms with Crippen LogP contribution in [-0.2, 0) is 14.9 Å². The van der Waals surface area contributed by atoms with Crippen molar-refractivity contribution in [3.63, 3.8) is 0 Å². The lowest BCUT2D eigenvalue weighted by Crippen LogP contribution is -2.46. The summed E-state index contributed by atoms with van der Waals surface area (Å²) in [5, 5.41) is 6.84. The van der Waals surface area contributed by atoms with Crippen molar-refractivity contribution in [2.24, 2.45) is 10.4 Å². The van der Waals surface area contributed by atoms with E-state index in [9.17, 15) is 0 Å². The van der Waals surface area contributed by atoms with Crippen LogP contribution in [0.3, 0.4) is 0 Å². The molecule has 1 heterocycles. The van der Waals surface area contributed by atoms with E-state index in [1.54, 1.807) is 14.2 Å². The van der Waals surface area contributed by atoms with E-state index in [1.807, 2.05) is 12.1 Å². The van der Waals surface area contributed by atoms with Crippen molar-refractivity contribution < 1.29 is 14.2 Å². The molecule has 1 unspecified atom stereocenters. The van der Waals surface area contributed by atoms with Crippen LogP contribution in [0, 0.1) is 5.41 Å². The second-order valence-corrected chi connectivity index (χ2v) is 8.79. The van der Waals surface area contributed by atoms with Crippen molar-refractivity contribution in [1.29, 1.82) is 0 Å². The number of nitrogens with zero attached hydrogens (tertiary/aromatic N) is 1. The van der Waals surface area contributed by atoms with Crippen LogP contribution in [0.5, 0.6) is 5.75 Å². The van der Waals surface area contributed by atoms with Crippen molar-refractivity contribution in [2.75, 3.05) is 47.1 Å². The van der Waals surface area contributed by atoms with E-state index in [0.29, 0.717) is 13.1 Å². The van der Waals surface area contributed by atoms with E-state index in [2.05, 4.69) is 50.5 Å². The molecule has 6 nitrogen and oxygen atoms in total. The SMILES string of the molecule is CCNC(=NCC1(c2ccc(OC)cc2)CCOCC1)NCC(OC)C(C)(C)C.I. The Bertz CT molecular complexity index is 638. The van der Waals surface area contributed by atoms with Gasteiger partial charge in [-0.25, -0.2) is 0 Å². The normalized spacial score (nSPS) is 17.6. The topological polar surface area (TPSA) is 64.1 Å². The molecule has 0 amide bonds. The molecule has 0 bridgehead atoms. The number of nitrogens with one attached hydrogen (secondary N) is 2. The molecule has 1 atom stereocenters. The van der Waals surface area contributed by atoms with E-state index < -0.39 is 0 Å². The van der Waals surface area contributed by atoms with E-state index in [0.717, 1.165) is 44.3 Å². The summed E-state index contributed by atoms with van der Waals surface area (Å²) in [6, 6.07) is 8.40. The fraction of sp³-hybridized carbons (Fsp3) is 0.696. The first-order valence-electron chi connectivity index (χ1n) is 10.6. The van der Waals surface area contributed by atoms with Crippen molar-refractivity contribution >= 4 is 29.9 Å². The van der Waals surface area contributed by atoms with Gasteiger partial charge in [0.05, 0.1) is 19.8 Å². The third kappa shape index (κ3) is 7.57. The number of halogens is 1. The Kier molecular flexibility index (Phi) is 11.4. The predicted molar refractivity (Wildman–Crippen MR) is 134 cm³/mol. The lowest BCUT2D eigenvalue weighted by Gasteiger charge is -2.37. The molecular formula is C23H40IN3O3. The van der Waals surface area contributed by atoms with Gasteiger partial charge in [0.2, 0.25) is 0 Å². The van der Waals surface area contributed by atoms with Crippen LogP contribution < -0.4 is 15.4 Å². The van der Waals surface area contributed by atoms with Gasteiger partial charge in [0.15, 0.2) is 5.96 Å². The number of ether oxygens (including phenoxy) is 3. The second-order valence-electron chi connectivity index (χ2n) is 8.79. The minimum absolute atomic E-state index is 0.